The van der Waals surface area contributed by atoms with Gasteiger partial charge in [-0.25, -0.2) is 0 Å². The van der Waals surface area contributed by atoms with Crippen LogP contribution in [0.4, 0.5) is 43.4 Å². The summed E-state index contributed by atoms with van der Waals surface area (Å²) in [4.78, 5) is 1.35. The minimum Gasteiger partial charge on any atom is -0.310 e. The molecule has 3 rings (SSSR count). The van der Waals surface area contributed by atoms with E-state index in [2.05, 4.69) is 0 Å². The second kappa shape index (κ2) is 6.98. The van der Waals surface area contributed by atoms with Crippen LogP contribution in [0.3, 0.4) is 0 Å². The number of nitrogens with zero attached hydrogens (tertiary/aromatic N) is 1. The van der Waals surface area contributed by atoms with Crippen molar-refractivity contribution in [1.82, 2.24) is 0 Å². The minimum atomic E-state index is -4.91. The van der Waals surface area contributed by atoms with Crippen LogP contribution in [0.25, 0.3) is 0 Å². The van der Waals surface area contributed by atoms with Gasteiger partial charge in [-0.3, -0.25) is 0 Å². The first-order chi connectivity index (χ1) is 12.7. The van der Waals surface area contributed by atoms with Crippen LogP contribution in [0.2, 0.25) is 0 Å². The molecule has 0 amide bonds. The lowest BCUT2D eigenvalue weighted by atomic mass is 10.1. The largest absolute Gasteiger partial charge is 0.416 e. The highest BCUT2D eigenvalue weighted by molar-refractivity contribution is 5.77. The molecule has 0 atom stereocenters. The molecule has 3 aromatic rings. The standard InChI is InChI=1S/C20H13F6N/c21-19(22,23)14-11-15(20(24,25)26)13-18(12-14)27(16-7-3-1-4-8-16)17-9-5-2-6-10-17/h1-13H. The van der Waals surface area contributed by atoms with E-state index in [-0.39, 0.29) is 11.8 Å². The van der Waals surface area contributed by atoms with Gasteiger partial charge in [-0.15, -0.1) is 0 Å². The van der Waals surface area contributed by atoms with Gasteiger partial charge in [0.25, 0.3) is 0 Å². The predicted molar refractivity (Wildman–Crippen MR) is 91.1 cm³/mol. The zero-order valence-electron chi connectivity index (χ0n) is 13.7. The van der Waals surface area contributed by atoms with Crippen molar-refractivity contribution in [1.29, 1.82) is 0 Å². The van der Waals surface area contributed by atoms with Gasteiger partial charge in [0.2, 0.25) is 0 Å². The topological polar surface area (TPSA) is 3.24 Å². The lowest BCUT2D eigenvalue weighted by Crippen LogP contribution is -2.15. The van der Waals surface area contributed by atoms with Gasteiger partial charge in [0.1, 0.15) is 0 Å². The molecule has 7 heteroatoms. The monoisotopic (exact) mass is 381 g/mol. The van der Waals surface area contributed by atoms with Crippen LogP contribution in [0.1, 0.15) is 11.1 Å². The van der Waals surface area contributed by atoms with Crippen LogP contribution < -0.4 is 4.90 Å². The Labute approximate surface area is 151 Å². The van der Waals surface area contributed by atoms with Crippen LogP contribution in [0, 0.1) is 0 Å². The number of para-hydroxylation sites is 2. The van der Waals surface area contributed by atoms with E-state index in [4.69, 9.17) is 0 Å². The summed E-state index contributed by atoms with van der Waals surface area (Å²) in [6.07, 6.45) is -9.82. The molecule has 3 aromatic carbocycles. The van der Waals surface area contributed by atoms with Gasteiger partial charge in [0.05, 0.1) is 11.1 Å². The summed E-state index contributed by atoms with van der Waals surface area (Å²) >= 11 is 0. The van der Waals surface area contributed by atoms with Gasteiger partial charge < -0.3 is 4.90 Å². The Kier molecular flexibility index (Phi) is 4.87. The Hall–Kier alpha value is -2.96. The Morgan fingerprint density at radius 3 is 1.19 bits per heavy atom. The molecule has 0 saturated carbocycles. The van der Waals surface area contributed by atoms with Crippen LogP contribution >= 0.6 is 0 Å². The normalized spacial score (nSPS) is 12.1. The van der Waals surface area contributed by atoms with Crippen LogP contribution in [0.5, 0.6) is 0 Å². The number of hydrogen-bond acceptors (Lipinski definition) is 1. The molecule has 0 fully saturated rings. The maximum absolute atomic E-state index is 13.2. The first kappa shape index (κ1) is 18.8. The van der Waals surface area contributed by atoms with Crippen molar-refractivity contribution >= 4 is 17.1 Å². The maximum Gasteiger partial charge on any atom is 0.416 e. The van der Waals surface area contributed by atoms with Gasteiger partial charge in [-0.1, -0.05) is 36.4 Å². The van der Waals surface area contributed by atoms with Crippen molar-refractivity contribution in [3.8, 4) is 0 Å². The summed E-state index contributed by atoms with van der Waals surface area (Å²) in [5.41, 5.74) is -2.06. The first-order valence-electron chi connectivity index (χ1n) is 7.86. The van der Waals surface area contributed by atoms with E-state index >= 15 is 0 Å². The lowest BCUT2D eigenvalue weighted by molar-refractivity contribution is -0.143. The summed E-state index contributed by atoms with van der Waals surface area (Å²) in [5, 5.41) is 0. The van der Waals surface area contributed by atoms with Gasteiger partial charge >= 0.3 is 12.4 Å². The fraction of sp³-hybridized carbons (Fsp3) is 0.100. The molecule has 0 radical (unpaired) electrons. The summed E-state index contributed by atoms with van der Waals surface area (Å²) in [6.45, 7) is 0. The fourth-order valence-corrected chi connectivity index (χ4v) is 2.67. The molecule has 0 unspecified atom stereocenters. The van der Waals surface area contributed by atoms with Gasteiger partial charge in [0.15, 0.2) is 0 Å². The van der Waals surface area contributed by atoms with E-state index in [0.717, 1.165) is 12.1 Å². The Morgan fingerprint density at radius 1 is 0.481 bits per heavy atom. The molecule has 0 N–H and O–H groups in total. The zero-order valence-corrected chi connectivity index (χ0v) is 13.7. The van der Waals surface area contributed by atoms with Crippen molar-refractivity contribution < 1.29 is 26.3 Å². The third-order valence-corrected chi connectivity index (χ3v) is 3.86. The van der Waals surface area contributed by atoms with Crippen LogP contribution in [-0.4, -0.2) is 0 Å². The molecule has 0 aliphatic rings. The number of benzene rings is 3. The summed E-state index contributed by atoms with van der Waals surface area (Å²) in [7, 11) is 0. The number of hydrogen-bond donors (Lipinski definition) is 0. The first-order valence-corrected chi connectivity index (χ1v) is 7.86. The third-order valence-electron chi connectivity index (χ3n) is 3.86. The van der Waals surface area contributed by atoms with E-state index in [0.29, 0.717) is 11.4 Å². The quantitative estimate of drug-likeness (QED) is 0.434. The Bertz CT molecular complexity index is 830. The summed E-state index contributed by atoms with van der Waals surface area (Å²) in [6, 6.07) is 18.0. The number of alkyl halides is 6. The molecule has 0 saturated heterocycles. The summed E-state index contributed by atoms with van der Waals surface area (Å²) in [5.74, 6) is 0. The third kappa shape index (κ3) is 4.24. The average Bonchev–Trinajstić information content (AvgIpc) is 2.62. The molecule has 1 nitrogen and oxygen atoms in total. The molecular weight excluding hydrogens is 368 g/mol. The van der Waals surface area contributed by atoms with E-state index < -0.39 is 23.5 Å². The molecule has 0 aromatic heterocycles. The highest BCUT2D eigenvalue weighted by atomic mass is 19.4. The highest BCUT2D eigenvalue weighted by Gasteiger charge is 2.37. The van der Waals surface area contributed by atoms with Gasteiger partial charge in [-0.2, -0.15) is 26.3 Å². The number of halogens is 6. The lowest BCUT2D eigenvalue weighted by Gasteiger charge is -2.27. The van der Waals surface area contributed by atoms with Crippen molar-refractivity contribution in [2.45, 2.75) is 12.4 Å². The molecule has 0 aliphatic heterocycles. The van der Waals surface area contributed by atoms with E-state index in [1.165, 1.54) is 4.90 Å². The smallest absolute Gasteiger partial charge is 0.310 e. The Balaban J connectivity index is 2.26. The fourth-order valence-electron chi connectivity index (χ4n) is 2.67. The van der Waals surface area contributed by atoms with Gasteiger partial charge in [-0.05, 0) is 42.5 Å². The second-order valence-electron chi connectivity index (χ2n) is 5.77. The van der Waals surface area contributed by atoms with E-state index in [1.54, 1.807) is 60.7 Å². The van der Waals surface area contributed by atoms with E-state index in [1.807, 2.05) is 0 Å². The van der Waals surface area contributed by atoms with Gasteiger partial charge in [0, 0.05) is 17.1 Å². The zero-order chi connectivity index (χ0) is 19.7. The number of rotatable bonds is 3. The molecule has 0 heterocycles. The van der Waals surface area contributed by atoms with Crippen molar-refractivity contribution in [3.63, 3.8) is 0 Å². The molecule has 27 heavy (non-hydrogen) atoms. The second-order valence-corrected chi connectivity index (χ2v) is 5.77. The Morgan fingerprint density at radius 2 is 0.852 bits per heavy atom. The molecule has 0 spiro atoms. The minimum absolute atomic E-state index is 0.123. The molecule has 0 aliphatic carbocycles. The SMILES string of the molecule is FC(F)(F)c1cc(N(c2ccccc2)c2ccccc2)cc(C(F)(F)F)c1. The summed E-state index contributed by atoms with van der Waals surface area (Å²) < 4.78 is 79.3. The maximum atomic E-state index is 13.2. The predicted octanol–water partition coefficient (Wildman–Crippen LogP) is 7.19. The number of anilines is 3. The molecular formula is C20H13F6N. The van der Waals surface area contributed by atoms with Crippen molar-refractivity contribution in [2.75, 3.05) is 4.90 Å². The molecule has 0 bridgehead atoms. The van der Waals surface area contributed by atoms with Crippen LogP contribution in [0.15, 0.2) is 78.9 Å². The highest BCUT2D eigenvalue weighted by Crippen LogP contribution is 2.42. The van der Waals surface area contributed by atoms with Crippen molar-refractivity contribution in [2.24, 2.45) is 0 Å². The van der Waals surface area contributed by atoms with Crippen LogP contribution in [-0.2, 0) is 12.4 Å². The average molecular weight is 381 g/mol. The molecule has 140 valence electrons. The van der Waals surface area contributed by atoms with E-state index in [9.17, 15) is 26.3 Å². The van der Waals surface area contributed by atoms with Crippen molar-refractivity contribution in [3.05, 3.63) is 90.0 Å².